The van der Waals surface area contributed by atoms with E-state index in [2.05, 4.69) is 58.2 Å². The fraction of sp³-hybridized carbons (Fsp3) is 0.696. The van der Waals surface area contributed by atoms with Gasteiger partial charge in [-0.25, -0.2) is 8.78 Å². The molecule has 8 heteroatoms. The molecule has 1 saturated heterocycles. The second-order valence-electron chi connectivity index (χ2n) is 8.80. The van der Waals surface area contributed by atoms with Gasteiger partial charge in [-0.15, -0.1) is 24.0 Å². The average molecular weight is 549 g/mol. The highest BCUT2D eigenvalue weighted by atomic mass is 127. The average Bonchev–Trinajstić information content (AvgIpc) is 3.21. The second kappa shape index (κ2) is 12.9. The number of hydrogen-bond acceptors (Lipinski definition) is 3. The number of guanidine groups is 1. The van der Waals surface area contributed by atoms with Crippen LogP contribution >= 0.6 is 24.0 Å². The lowest BCUT2D eigenvalue weighted by Crippen LogP contribution is -2.56. The maximum absolute atomic E-state index is 12.6. The number of aliphatic imine (C=N–C) groups is 1. The standard InChI is InChI=1S/C23H37F2N5.HI/c1-18(19-8-4-3-5-9-19)29-23(12-6-7-13-23)17-27-22(26-2)28-20-10-14-30(15-11-20)16-21(24)25;/h3-5,8-9,18,20-21,29H,6-7,10-17H2,1-2H3,(H2,26,27,28);1H. The van der Waals surface area contributed by atoms with E-state index in [1.54, 1.807) is 7.05 Å². The Morgan fingerprint density at radius 1 is 1.16 bits per heavy atom. The molecule has 2 aliphatic rings. The molecule has 0 aromatic heterocycles. The van der Waals surface area contributed by atoms with Crippen molar-refractivity contribution < 1.29 is 8.78 Å². The maximum Gasteiger partial charge on any atom is 0.251 e. The van der Waals surface area contributed by atoms with Crippen LogP contribution in [0.1, 0.15) is 57.1 Å². The van der Waals surface area contributed by atoms with Gasteiger partial charge in [0.25, 0.3) is 6.43 Å². The molecule has 1 heterocycles. The van der Waals surface area contributed by atoms with Gasteiger partial charge in [0.15, 0.2) is 5.96 Å². The molecule has 0 spiro atoms. The van der Waals surface area contributed by atoms with E-state index in [1.807, 2.05) is 4.90 Å². The number of rotatable bonds is 8. The molecule has 0 amide bonds. The second-order valence-corrected chi connectivity index (χ2v) is 8.80. The molecule has 1 saturated carbocycles. The molecule has 0 bridgehead atoms. The zero-order valence-electron chi connectivity index (χ0n) is 18.7. The van der Waals surface area contributed by atoms with E-state index in [1.165, 1.54) is 18.4 Å². The lowest BCUT2D eigenvalue weighted by atomic mass is 9.94. The van der Waals surface area contributed by atoms with Gasteiger partial charge in [-0.1, -0.05) is 43.2 Å². The van der Waals surface area contributed by atoms with Gasteiger partial charge in [0, 0.05) is 44.3 Å². The first-order valence-electron chi connectivity index (χ1n) is 11.3. The van der Waals surface area contributed by atoms with Crippen LogP contribution < -0.4 is 16.0 Å². The number of nitrogens with zero attached hydrogens (tertiary/aromatic N) is 2. The van der Waals surface area contributed by atoms with Crippen molar-refractivity contribution in [2.45, 2.75) is 69.5 Å². The van der Waals surface area contributed by atoms with E-state index in [4.69, 9.17) is 0 Å². The van der Waals surface area contributed by atoms with Crippen molar-refractivity contribution in [1.29, 1.82) is 0 Å². The van der Waals surface area contributed by atoms with Gasteiger partial charge in [0.2, 0.25) is 0 Å². The van der Waals surface area contributed by atoms with E-state index in [0.29, 0.717) is 19.1 Å². The fourth-order valence-corrected chi connectivity index (χ4v) is 4.80. The van der Waals surface area contributed by atoms with Crippen molar-refractivity contribution >= 4 is 29.9 Å². The molecule has 1 aliphatic carbocycles. The number of hydrogen-bond donors (Lipinski definition) is 3. The van der Waals surface area contributed by atoms with Crippen molar-refractivity contribution in [3.63, 3.8) is 0 Å². The van der Waals surface area contributed by atoms with Crippen molar-refractivity contribution in [3.8, 4) is 0 Å². The first-order chi connectivity index (χ1) is 14.5. The lowest BCUT2D eigenvalue weighted by Gasteiger charge is -2.36. The maximum atomic E-state index is 12.6. The van der Waals surface area contributed by atoms with Crippen molar-refractivity contribution in [2.24, 2.45) is 4.99 Å². The van der Waals surface area contributed by atoms with Gasteiger partial charge in [-0.05, 0) is 38.2 Å². The molecule has 176 valence electrons. The van der Waals surface area contributed by atoms with Crippen LogP contribution in [0.15, 0.2) is 35.3 Å². The minimum absolute atomic E-state index is 0. The molecule has 0 radical (unpaired) electrons. The topological polar surface area (TPSA) is 51.7 Å². The van der Waals surface area contributed by atoms with Gasteiger partial charge in [0.1, 0.15) is 0 Å². The zero-order chi connectivity index (χ0) is 21.4. The molecule has 1 aliphatic heterocycles. The molecule has 1 unspecified atom stereocenters. The monoisotopic (exact) mass is 549 g/mol. The molecule has 1 aromatic carbocycles. The largest absolute Gasteiger partial charge is 0.355 e. The van der Waals surface area contributed by atoms with Crippen molar-refractivity contribution in [2.75, 3.05) is 33.2 Å². The Hall–Kier alpha value is -1.00. The molecule has 3 rings (SSSR count). The molecular formula is C23H38F2IN5. The third-order valence-electron chi connectivity index (χ3n) is 6.53. The molecule has 1 atom stereocenters. The third-order valence-corrected chi connectivity index (χ3v) is 6.53. The Bertz CT molecular complexity index is 659. The normalized spacial score (nSPS) is 21.0. The summed E-state index contributed by atoms with van der Waals surface area (Å²) in [5.41, 5.74) is 1.37. The van der Waals surface area contributed by atoms with Crippen LogP contribution in [0.3, 0.4) is 0 Å². The molecular weight excluding hydrogens is 511 g/mol. The summed E-state index contributed by atoms with van der Waals surface area (Å²) in [5, 5.41) is 10.9. The lowest BCUT2D eigenvalue weighted by molar-refractivity contribution is 0.0744. The summed E-state index contributed by atoms with van der Waals surface area (Å²) in [5.74, 6) is 0.808. The van der Waals surface area contributed by atoms with Gasteiger partial charge in [-0.2, -0.15) is 0 Å². The minimum atomic E-state index is -2.25. The number of nitrogens with one attached hydrogen (secondary N) is 3. The quantitative estimate of drug-likeness (QED) is 0.259. The van der Waals surface area contributed by atoms with E-state index < -0.39 is 6.43 Å². The Kier molecular flexibility index (Phi) is 10.9. The predicted octanol–water partition coefficient (Wildman–Crippen LogP) is 4.16. The fourth-order valence-electron chi connectivity index (χ4n) is 4.80. The number of likely N-dealkylation sites (tertiary alicyclic amines) is 1. The van der Waals surface area contributed by atoms with E-state index in [-0.39, 0.29) is 42.1 Å². The molecule has 31 heavy (non-hydrogen) atoms. The van der Waals surface area contributed by atoms with Crippen molar-refractivity contribution in [3.05, 3.63) is 35.9 Å². The Labute approximate surface area is 202 Å². The van der Waals surface area contributed by atoms with Crippen molar-refractivity contribution in [1.82, 2.24) is 20.9 Å². The Morgan fingerprint density at radius 2 is 1.81 bits per heavy atom. The summed E-state index contributed by atoms with van der Waals surface area (Å²) in [4.78, 5) is 6.26. The number of piperidine rings is 1. The smallest absolute Gasteiger partial charge is 0.251 e. The summed E-state index contributed by atoms with van der Waals surface area (Å²) in [6.07, 6.45) is 4.26. The van der Waals surface area contributed by atoms with E-state index in [0.717, 1.165) is 38.2 Å². The summed E-state index contributed by atoms with van der Waals surface area (Å²) in [6, 6.07) is 11.2. The highest BCUT2D eigenvalue weighted by Gasteiger charge is 2.35. The van der Waals surface area contributed by atoms with Gasteiger partial charge in [-0.3, -0.25) is 9.89 Å². The van der Waals surface area contributed by atoms with Crippen LogP contribution in [0.4, 0.5) is 8.78 Å². The van der Waals surface area contributed by atoms with Crippen LogP contribution in [-0.2, 0) is 0 Å². The number of alkyl halides is 2. The van der Waals surface area contributed by atoms with Crippen LogP contribution in [-0.4, -0.2) is 62.1 Å². The minimum Gasteiger partial charge on any atom is -0.355 e. The van der Waals surface area contributed by atoms with Gasteiger partial charge < -0.3 is 16.0 Å². The number of halogens is 3. The highest BCUT2D eigenvalue weighted by Crippen LogP contribution is 2.31. The van der Waals surface area contributed by atoms with Crippen LogP contribution in [0.2, 0.25) is 0 Å². The van der Waals surface area contributed by atoms with E-state index >= 15 is 0 Å². The highest BCUT2D eigenvalue weighted by molar-refractivity contribution is 14.0. The molecule has 1 aromatic rings. The summed E-state index contributed by atoms with van der Waals surface area (Å²) in [6.45, 7) is 4.36. The van der Waals surface area contributed by atoms with Crippen LogP contribution in [0, 0.1) is 0 Å². The first kappa shape index (κ1) is 26.3. The zero-order valence-corrected chi connectivity index (χ0v) is 21.1. The first-order valence-corrected chi connectivity index (χ1v) is 11.3. The van der Waals surface area contributed by atoms with Gasteiger partial charge >= 0.3 is 0 Å². The number of benzene rings is 1. The predicted molar refractivity (Wildman–Crippen MR) is 135 cm³/mol. The van der Waals surface area contributed by atoms with E-state index in [9.17, 15) is 8.78 Å². The van der Waals surface area contributed by atoms with Gasteiger partial charge in [0.05, 0.1) is 6.54 Å². The van der Waals surface area contributed by atoms with Crippen LogP contribution in [0.5, 0.6) is 0 Å². The molecule has 5 nitrogen and oxygen atoms in total. The molecule has 2 fully saturated rings. The summed E-state index contributed by atoms with van der Waals surface area (Å²) < 4.78 is 25.1. The SMILES string of the molecule is CN=C(NCC1(NC(C)c2ccccc2)CCCC1)NC1CCN(CC(F)F)CC1.I. The Morgan fingerprint density at radius 3 is 2.39 bits per heavy atom. The summed E-state index contributed by atoms with van der Waals surface area (Å²) in [7, 11) is 1.79. The third kappa shape index (κ3) is 8.13. The summed E-state index contributed by atoms with van der Waals surface area (Å²) >= 11 is 0. The van der Waals surface area contributed by atoms with Crippen LogP contribution in [0.25, 0.3) is 0 Å². The molecule has 3 N–H and O–H groups in total. The Balaban J connectivity index is 0.00000341.